The Morgan fingerprint density at radius 2 is 2.00 bits per heavy atom. The number of aromatic amines is 1. The smallest absolute Gasteiger partial charge is 0.267 e. The van der Waals surface area contributed by atoms with Gasteiger partial charge in [-0.2, -0.15) is 5.10 Å². The fourth-order valence-electron chi connectivity index (χ4n) is 1.91. The summed E-state index contributed by atoms with van der Waals surface area (Å²) in [6.07, 6.45) is 1.48. The molecule has 18 heavy (non-hydrogen) atoms. The summed E-state index contributed by atoms with van der Waals surface area (Å²) in [5.74, 6) is 1.64. The third-order valence-corrected chi connectivity index (χ3v) is 2.74. The molecule has 0 amide bonds. The van der Waals surface area contributed by atoms with Crippen LogP contribution in [-0.2, 0) is 0 Å². The van der Waals surface area contributed by atoms with Crippen molar-refractivity contribution in [2.45, 2.75) is 26.7 Å². The molecule has 0 aliphatic heterocycles. The monoisotopic (exact) mass is 244 g/mol. The second kappa shape index (κ2) is 5.04. The van der Waals surface area contributed by atoms with Gasteiger partial charge in [0.1, 0.15) is 5.75 Å². The SMILES string of the molecule is Cc1cc(Oc2cn[nH]c(=O)c2)ccc1C(C)C. The van der Waals surface area contributed by atoms with Gasteiger partial charge in [0.15, 0.2) is 5.75 Å². The van der Waals surface area contributed by atoms with E-state index in [1.807, 2.05) is 12.1 Å². The normalized spacial score (nSPS) is 10.7. The van der Waals surface area contributed by atoms with Crippen molar-refractivity contribution in [2.24, 2.45) is 0 Å². The number of nitrogens with zero attached hydrogens (tertiary/aromatic N) is 1. The first-order valence-electron chi connectivity index (χ1n) is 5.89. The van der Waals surface area contributed by atoms with Crippen molar-refractivity contribution >= 4 is 0 Å². The average Bonchev–Trinajstić information content (AvgIpc) is 2.28. The van der Waals surface area contributed by atoms with Gasteiger partial charge in [-0.15, -0.1) is 0 Å². The Morgan fingerprint density at radius 1 is 1.22 bits per heavy atom. The van der Waals surface area contributed by atoms with Gasteiger partial charge < -0.3 is 4.74 Å². The number of ether oxygens (including phenoxy) is 1. The summed E-state index contributed by atoms with van der Waals surface area (Å²) in [5, 5.41) is 5.99. The molecule has 1 aromatic carbocycles. The molecule has 1 heterocycles. The second-order valence-corrected chi connectivity index (χ2v) is 4.56. The third-order valence-electron chi connectivity index (χ3n) is 2.74. The van der Waals surface area contributed by atoms with Gasteiger partial charge in [0.25, 0.3) is 5.56 Å². The van der Waals surface area contributed by atoms with Crippen LogP contribution >= 0.6 is 0 Å². The Labute approximate surface area is 106 Å². The van der Waals surface area contributed by atoms with Crippen molar-refractivity contribution in [2.75, 3.05) is 0 Å². The first-order valence-corrected chi connectivity index (χ1v) is 5.89. The quantitative estimate of drug-likeness (QED) is 0.903. The van der Waals surface area contributed by atoms with Crippen molar-refractivity contribution in [1.29, 1.82) is 0 Å². The fraction of sp³-hybridized carbons (Fsp3) is 0.286. The summed E-state index contributed by atoms with van der Waals surface area (Å²) >= 11 is 0. The molecule has 0 aliphatic carbocycles. The van der Waals surface area contributed by atoms with Gasteiger partial charge in [0, 0.05) is 6.07 Å². The predicted molar refractivity (Wildman–Crippen MR) is 70.2 cm³/mol. The minimum absolute atomic E-state index is 0.275. The Bertz CT molecular complexity index is 603. The van der Waals surface area contributed by atoms with Gasteiger partial charge in [0.05, 0.1) is 6.20 Å². The molecule has 0 atom stereocenters. The van der Waals surface area contributed by atoms with Gasteiger partial charge in [-0.05, 0) is 36.1 Å². The van der Waals surface area contributed by atoms with E-state index in [0.29, 0.717) is 17.4 Å². The fourth-order valence-corrected chi connectivity index (χ4v) is 1.91. The number of benzene rings is 1. The van der Waals surface area contributed by atoms with Gasteiger partial charge in [-0.3, -0.25) is 4.79 Å². The van der Waals surface area contributed by atoms with Crippen LogP contribution in [0.5, 0.6) is 11.5 Å². The lowest BCUT2D eigenvalue weighted by molar-refractivity contribution is 0.476. The molecule has 0 saturated carbocycles. The average molecular weight is 244 g/mol. The zero-order chi connectivity index (χ0) is 13.1. The van der Waals surface area contributed by atoms with E-state index >= 15 is 0 Å². The number of hydrogen-bond acceptors (Lipinski definition) is 3. The molecule has 0 spiro atoms. The summed E-state index contributed by atoms with van der Waals surface area (Å²) < 4.78 is 5.59. The largest absolute Gasteiger partial charge is 0.455 e. The summed E-state index contributed by atoms with van der Waals surface area (Å²) in [6.45, 7) is 6.37. The van der Waals surface area contributed by atoms with Crippen LogP contribution in [0.2, 0.25) is 0 Å². The van der Waals surface area contributed by atoms with Gasteiger partial charge in [-0.1, -0.05) is 19.9 Å². The van der Waals surface area contributed by atoms with Crippen LogP contribution in [0, 0.1) is 6.92 Å². The molecule has 4 heteroatoms. The molecule has 1 aromatic heterocycles. The molecule has 0 unspecified atom stereocenters. The van der Waals surface area contributed by atoms with Crippen molar-refractivity contribution in [3.63, 3.8) is 0 Å². The molecular weight excluding hydrogens is 228 g/mol. The molecule has 2 aromatic rings. The maximum Gasteiger partial charge on any atom is 0.267 e. The molecule has 0 fully saturated rings. The van der Waals surface area contributed by atoms with E-state index in [1.54, 1.807) is 0 Å². The summed E-state index contributed by atoms with van der Waals surface area (Å²) in [7, 11) is 0. The molecule has 94 valence electrons. The highest BCUT2D eigenvalue weighted by atomic mass is 16.5. The van der Waals surface area contributed by atoms with E-state index < -0.39 is 0 Å². The molecule has 0 radical (unpaired) electrons. The van der Waals surface area contributed by atoms with Crippen LogP contribution < -0.4 is 10.3 Å². The summed E-state index contributed by atoms with van der Waals surface area (Å²) in [4.78, 5) is 11.1. The van der Waals surface area contributed by atoms with E-state index in [4.69, 9.17) is 4.74 Å². The lowest BCUT2D eigenvalue weighted by Crippen LogP contribution is -2.05. The highest BCUT2D eigenvalue weighted by Crippen LogP contribution is 2.26. The standard InChI is InChI=1S/C14H16N2O2/c1-9(2)13-5-4-11(6-10(13)3)18-12-7-14(17)16-15-8-12/h4-9H,1-3H3,(H,16,17). The maximum atomic E-state index is 11.1. The molecule has 1 N–H and O–H groups in total. The van der Waals surface area contributed by atoms with Crippen molar-refractivity contribution in [3.05, 3.63) is 51.9 Å². The highest BCUT2D eigenvalue weighted by Gasteiger charge is 2.05. The Morgan fingerprint density at radius 3 is 2.61 bits per heavy atom. The first-order chi connectivity index (χ1) is 8.56. The number of aromatic nitrogens is 2. The van der Waals surface area contributed by atoms with Crippen molar-refractivity contribution in [1.82, 2.24) is 10.2 Å². The van der Waals surface area contributed by atoms with Crippen LogP contribution in [0.15, 0.2) is 35.3 Å². The lowest BCUT2D eigenvalue weighted by Gasteiger charge is -2.11. The third kappa shape index (κ3) is 2.77. The summed E-state index contributed by atoms with van der Waals surface area (Å²) in [6, 6.07) is 7.30. The van der Waals surface area contributed by atoms with E-state index in [0.717, 1.165) is 0 Å². The highest BCUT2D eigenvalue weighted by molar-refractivity contribution is 5.38. The Balaban J connectivity index is 2.25. The second-order valence-electron chi connectivity index (χ2n) is 4.56. The van der Waals surface area contributed by atoms with Crippen LogP contribution in [0.4, 0.5) is 0 Å². The van der Waals surface area contributed by atoms with Gasteiger partial charge >= 0.3 is 0 Å². The van der Waals surface area contributed by atoms with Crippen LogP contribution in [0.25, 0.3) is 0 Å². The topological polar surface area (TPSA) is 55.0 Å². The Kier molecular flexibility index (Phi) is 3.46. The number of rotatable bonds is 3. The number of aryl methyl sites for hydroxylation is 1. The van der Waals surface area contributed by atoms with Crippen LogP contribution in [0.1, 0.15) is 30.9 Å². The van der Waals surface area contributed by atoms with Gasteiger partial charge in [0.2, 0.25) is 0 Å². The molecular formula is C14H16N2O2. The van der Waals surface area contributed by atoms with Crippen LogP contribution in [0.3, 0.4) is 0 Å². The minimum atomic E-state index is -0.275. The zero-order valence-corrected chi connectivity index (χ0v) is 10.7. The van der Waals surface area contributed by atoms with E-state index in [1.165, 1.54) is 23.4 Å². The molecule has 4 nitrogen and oxygen atoms in total. The van der Waals surface area contributed by atoms with E-state index in [2.05, 4.69) is 37.0 Å². The van der Waals surface area contributed by atoms with Gasteiger partial charge in [-0.25, -0.2) is 5.10 Å². The van der Waals surface area contributed by atoms with Crippen molar-refractivity contribution < 1.29 is 4.74 Å². The number of hydrogen-bond donors (Lipinski definition) is 1. The molecule has 0 saturated heterocycles. The first kappa shape index (κ1) is 12.4. The zero-order valence-electron chi connectivity index (χ0n) is 10.7. The number of H-pyrrole nitrogens is 1. The summed E-state index contributed by atoms with van der Waals surface area (Å²) in [5.41, 5.74) is 2.20. The van der Waals surface area contributed by atoms with Crippen LogP contribution in [-0.4, -0.2) is 10.2 Å². The maximum absolute atomic E-state index is 11.1. The predicted octanol–water partition coefficient (Wildman–Crippen LogP) is 2.99. The lowest BCUT2D eigenvalue weighted by atomic mass is 9.98. The molecule has 0 aliphatic rings. The number of nitrogens with one attached hydrogen (secondary N) is 1. The molecule has 2 rings (SSSR count). The molecule has 0 bridgehead atoms. The minimum Gasteiger partial charge on any atom is -0.455 e. The Hall–Kier alpha value is -2.10. The van der Waals surface area contributed by atoms with E-state index in [-0.39, 0.29) is 5.56 Å². The van der Waals surface area contributed by atoms with E-state index in [9.17, 15) is 4.79 Å². The van der Waals surface area contributed by atoms with Crippen molar-refractivity contribution in [3.8, 4) is 11.5 Å².